The van der Waals surface area contributed by atoms with E-state index in [-0.39, 0.29) is 27.3 Å². The maximum absolute atomic E-state index is 5.58. The Morgan fingerprint density at radius 2 is 0.639 bits per heavy atom. The van der Waals surface area contributed by atoms with Crippen LogP contribution in [-0.2, 0) is 25.7 Å². The van der Waals surface area contributed by atoms with Gasteiger partial charge in [0.1, 0.15) is 22.6 Å². The van der Waals surface area contributed by atoms with Gasteiger partial charge in [-0.15, -0.1) is 0 Å². The molecule has 9 heteroatoms. The van der Waals surface area contributed by atoms with Gasteiger partial charge in [-0.2, -0.15) is 0 Å². The summed E-state index contributed by atoms with van der Waals surface area (Å²) in [4.78, 5) is 39.6. The number of hydrogen-bond acceptors (Lipinski definition) is 6. The predicted molar refractivity (Wildman–Crippen MR) is 258 cm³/mol. The topological polar surface area (TPSA) is 109 Å². The van der Waals surface area contributed by atoms with E-state index < -0.39 is 0 Å². The summed E-state index contributed by atoms with van der Waals surface area (Å²) >= 11 is 0. The third-order valence-electron chi connectivity index (χ3n) is 12.6. The van der Waals surface area contributed by atoms with Crippen molar-refractivity contribution in [2.75, 3.05) is 0 Å². The third kappa shape index (κ3) is 8.41. The van der Waals surface area contributed by atoms with Crippen molar-refractivity contribution in [3.8, 4) is 45.6 Å². The van der Waals surface area contributed by atoms with Gasteiger partial charge >= 0.3 is 27.3 Å². The van der Waals surface area contributed by atoms with Crippen LogP contribution in [0.3, 0.4) is 0 Å². The van der Waals surface area contributed by atoms with Gasteiger partial charge in [0, 0.05) is 43.8 Å². The normalized spacial score (nSPS) is 11.9. The molecule has 312 valence electrons. The number of hydrogen-bond donors (Lipinski definition) is 2. The molecule has 9 rings (SSSR count). The van der Waals surface area contributed by atoms with Gasteiger partial charge < -0.3 is 9.97 Å². The molecular weight excluding hydrogens is 944 g/mol. The van der Waals surface area contributed by atoms with Crippen LogP contribution in [0.2, 0.25) is 0 Å². The summed E-state index contributed by atoms with van der Waals surface area (Å²) in [6, 6.07) is 25.0. The van der Waals surface area contributed by atoms with E-state index in [0.717, 1.165) is 82.8 Å². The number of nitrogens with zero attached hydrogens (tertiary/aromatic N) is 6. The Labute approximate surface area is 380 Å². The van der Waals surface area contributed by atoms with Gasteiger partial charge in [-0.3, -0.25) is 0 Å². The van der Waals surface area contributed by atoms with Gasteiger partial charge in [0.05, 0.1) is 0 Å². The Hall–Kier alpha value is -4.84. The SMILES string of the molecule is CCCCCc1c(CCCCC)c(CCCCC)c2c3nc4nc(nc5[nH]c(nc6nc(nc([nH]3)c2c1CCCCC)-c1ccccc1-6)c1ccccc51)-c1ccccc1-4.[PbH2]. The fraction of sp³-hybridized carbons (Fsp3) is 0.385. The van der Waals surface area contributed by atoms with E-state index in [2.05, 4.69) is 98.3 Å². The molecule has 0 aliphatic carbocycles. The van der Waals surface area contributed by atoms with Crippen LogP contribution in [0, 0.1) is 0 Å². The van der Waals surface area contributed by atoms with Crippen LogP contribution in [0.5, 0.6) is 0 Å². The standard InChI is InChI=1S/C52H58N8.Pb.2H/c1-5-9-13-23-33-34(24-14-10-6-2)36(26-16-12-8-4)44-43(35(33)25-15-11-7-3)51-58-49-41-31-21-19-29-39(41)47(56-49)54-45-37-27-17-18-28-38(37)46(53-45)55-48-40-30-20-22-32-42(40)50(57-48)59-52(44)60-51;;;/h17-22,27-32H,5-16,23-26H2,1-4H3,(H2,53,54,55,56,57,58,59,60);;;. The van der Waals surface area contributed by atoms with Crippen LogP contribution in [0.15, 0.2) is 72.8 Å². The molecule has 0 amide bonds. The van der Waals surface area contributed by atoms with Gasteiger partial charge in [0.2, 0.25) is 0 Å². The fourth-order valence-corrected chi connectivity index (χ4v) is 9.53. The number of nitrogens with one attached hydrogen (secondary N) is 2. The van der Waals surface area contributed by atoms with E-state index >= 15 is 0 Å². The molecule has 5 heterocycles. The molecule has 2 aliphatic heterocycles. The average molecular weight is 1000 g/mol. The number of benzene rings is 4. The molecule has 8 bridgehead atoms. The molecule has 2 radical (unpaired) electrons. The summed E-state index contributed by atoms with van der Waals surface area (Å²) in [5, 5.41) is 4.39. The van der Waals surface area contributed by atoms with Crippen molar-refractivity contribution >= 4 is 71.4 Å². The van der Waals surface area contributed by atoms with Crippen LogP contribution >= 0.6 is 0 Å². The first-order chi connectivity index (χ1) is 29.6. The second kappa shape index (κ2) is 19.5. The summed E-state index contributed by atoms with van der Waals surface area (Å²) in [5.41, 5.74) is 13.0. The number of unbranched alkanes of at least 4 members (excludes halogenated alkanes) is 8. The summed E-state index contributed by atoms with van der Waals surface area (Å²) < 4.78 is 0. The molecule has 61 heavy (non-hydrogen) atoms. The monoisotopic (exact) mass is 1000 g/mol. The van der Waals surface area contributed by atoms with Gasteiger partial charge in [-0.05, 0) is 73.6 Å². The molecule has 4 aromatic carbocycles. The van der Waals surface area contributed by atoms with Crippen LogP contribution in [-0.4, -0.2) is 67.2 Å². The molecule has 3 aromatic heterocycles. The first-order valence-corrected chi connectivity index (χ1v) is 22.9. The summed E-state index contributed by atoms with van der Waals surface area (Å²) in [6.45, 7) is 9.24. The van der Waals surface area contributed by atoms with Crippen molar-refractivity contribution in [3.05, 3.63) is 95.1 Å². The van der Waals surface area contributed by atoms with Crippen LogP contribution < -0.4 is 0 Å². The fourth-order valence-electron chi connectivity index (χ4n) is 9.53. The van der Waals surface area contributed by atoms with Gasteiger partial charge in [-0.1, -0.05) is 152 Å². The van der Waals surface area contributed by atoms with Crippen molar-refractivity contribution in [2.24, 2.45) is 0 Å². The number of rotatable bonds is 16. The van der Waals surface area contributed by atoms with Gasteiger partial charge in [0.25, 0.3) is 0 Å². The second-order valence-corrected chi connectivity index (χ2v) is 16.7. The molecule has 0 saturated heterocycles. The Morgan fingerprint density at radius 3 is 0.984 bits per heavy atom. The number of aromatic nitrogens is 8. The summed E-state index contributed by atoms with van der Waals surface area (Å²) in [6.07, 6.45) is 18.5. The quantitative estimate of drug-likeness (QED) is 0.0737. The van der Waals surface area contributed by atoms with Crippen molar-refractivity contribution in [1.82, 2.24) is 39.9 Å². The zero-order chi connectivity index (χ0) is 41.0. The van der Waals surface area contributed by atoms with E-state index in [9.17, 15) is 0 Å². The third-order valence-corrected chi connectivity index (χ3v) is 12.6. The van der Waals surface area contributed by atoms with Crippen LogP contribution in [0.25, 0.3) is 89.7 Å². The zero-order valence-electron chi connectivity index (χ0n) is 36.6. The molecule has 8 nitrogen and oxygen atoms in total. The summed E-state index contributed by atoms with van der Waals surface area (Å²) in [5.74, 6) is 2.60. The Kier molecular flexibility index (Phi) is 13.7. The molecule has 0 spiro atoms. The Balaban J connectivity index is 0.00000514. The van der Waals surface area contributed by atoms with Gasteiger partial charge in [0.15, 0.2) is 23.3 Å². The molecule has 0 atom stereocenters. The van der Waals surface area contributed by atoms with Crippen molar-refractivity contribution in [3.63, 3.8) is 0 Å². The van der Waals surface area contributed by atoms with E-state index in [0.29, 0.717) is 34.6 Å². The van der Waals surface area contributed by atoms with E-state index in [1.54, 1.807) is 11.1 Å². The van der Waals surface area contributed by atoms with E-state index in [4.69, 9.17) is 29.9 Å². The molecular formula is C52H60N8Pb. The minimum atomic E-state index is 0. The maximum atomic E-state index is 5.58. The number of H-pyrrole nitrogens is 2. The average Bonchev–Trinajstić information content (AvgIpc) is 4.01. The van der Waals surface area contributed by atoms with Crippen molar-refractivity contribution in [2.45, 2.75) is 130 Å². The summed E-state index contributed by atoms with van der Waals surface area (Å²) in [7, 11) is 0. The van der Waals surface area contributed by atoms with E-state index in [1.165, 1.54) is 86.1 Å². The molecule has 0 unspecified atom stereocenters. The number of fused-ring (bicyclic) bond motifs is 20. The Bertz CT molecular complexity index is 2670. The molecule has 2 aliphatic rings. The second-order valence-electron chi connectivity index (χ2n) is 16.7. The number of aromatic amines is 2. The van der Waals surface area contributed by atoms with Crippen LogP contribution in [0.4, 0.5) is 0 Å². The molecule has 0 saturated carbocycles. The van der Waals surface area contributed by atoms with Crippen molar-refractivity contribution in [1.29, 1.82) is 0 Å². The van der Waals surface area contributed by atoms with Crippen molar-refractivity contribution < 1.29 is 0 Å². The van der Waals surface area contributed by atoms with Gasteiger partial charge in [-0.25, -0.2) is 29.9 Å². The Morgan fingerprint density at radius 1 is 0.344 bits per heavy atom. The first kappa shape index (κ1) is 42.8. The minimum absolute atomic E-state index is 0. The predicted octanol–water partition coefficient (Wildman–Crippen LogP) is 12.9. The zero-order valence-corrected chi connectivity index (χ0v) is 42.1. The van der Waals surface area contributed by atoms with Crippen LogP contribution in [0.1, 0.15) is 127 Å². The van der Waals surface area contributed by atoms with E-state index in [1.807, 2.05) is 12.1 Å². The molecule has 2 N–H and O–H groups in total. The molecule has 0 fully saturated rings. The number of aryl methyl sites for hydroxylation is 2. The first-order valence-electron chi connectivity index (χ1n) is 22.9. The molecule has 7 aromatic rings.